The van der Waals surface area contributed by atoms with E-state index < -0.39 is 17.1 Å². The summed E-state index contributed by atoms with van der Waals surface area (Å²) in [4.78, 5) is 28.1. The molecule has 5 aliphatic rings. The van der Waals surface area contributed by atoms with Gasteiger partial charge in [-0.05, 0) is 119 Å². The van der Waals surface area contributed by atoms with E-state index in [9.17, 15) is 14.7 Å². The Bertz CT molecular complexity index is 1360. The van der Waals surface area contributed by atoms with Crippen LogP contribution >= 0.6 is 11.8 Å². The molecule has 1 aromatic rings. The van der Waals surface area contributed by atoms with E-state index in [1.165, 1.54) is 32.7 Å². The Balaban J connectivity index is 1.36. The second-order valence-electron chi connectivity index (χ2n) is 14.3. The normalized spacial score (nSPS) is 40.3. The Morgan fingerprint density at radius 1 is 1.07 bits per heavy atom. The molecule has 5 nitrogen and oxygen atoms in total. The number of ketones is 2. The van der Waals surface area contributed by atoms with Crippen molar-refractivity contribution in [2.45, 2.75) is 123 Å². The molecule has 6 rings (SSSR count). The van der Waals surface area contributed by atoms with Crippen LogP contribution in [0.3, 0.4) is 0 Å². The van der Waals surface area contributed by atoms with E-state index in [-0.39, 0.29) is 47.1 Å². The Hall–Kier alpha value is -1.73. The Morgan fingerprint density at radius 2 is 1.74 bits per heavy atom. The van der Waals surface area contributed by atoms with Crippen LogP contribution in [0.15, 0.2) is 28.7 Å². The van der Waals surface area contributed by atoms with Crippen LogP contribution in [-0.2, 0) is 19.1 Å². The largest absolute Gasteiger partial charge is 0.393 e. The number of benzene rings is 1. The first kappa shape index (κ1) is 30.3. The number of Topliss-reactive ketones (excluding diaryl/α,β-unsaturated/α-hetero) is 1. The zero-order valence-corrected chi connectivity index (χ0v) is 27.5. The van der Waals surface area contributed by atoms with Crippen molar-refractivity contribution in [2.75, 3.05) is 5.75 Å². The number of aliphatic hydroxyl groups excluding tert-OH is 1. The van der Waals surface area contributed by atoms with Crippen LogP contribution in [0.1, 0.15) is 87.1 Å². The van der Waals surface area contributed by atoms with Gasteiger partial charge in [0.2, 0.25) is 0 Å². The van der Waals surface area contributed by atoms with Crippen molar-refractivity contribution in [3.63, 3.8) is 0 Å². The summed E-state index contributed by atoms with van der Waals surface area (Å²) in [5.41, 5.74) is 5.60. The zero-order valence-electron chi connectivity index (χ0n) is 26.6. The van der Waals surface area contributed by atoms with E-state index in [1.807, 2.05) is 6.08 Å². The number of allylic oxidation sites excluding steroid dienone is 4. The van der Waals surface area contributed by atoms with Crippen LogP contribution in [0.4, 0.5) is 0 Å². The highest BCUT2D eigenvalue weighted by molar-refractivity contribution is 8.00. The van der Waals surface area contributed by atoms with Gasteiger partial charge in [0, 0.05) is 21.6 Å². The van der Waals surface area contributed by atoms with Crippen LogP contribution < -0.4 is 0 Å². The molecule has 0 spiro atoms. The number of aliphatic hydroxyl groups is 1. The summed E-state index contributed by atoms with van der Waals surface area (Å²) in [5.74, 6) is 0.906. The molecule has 0 radical (unpaired) electrons. The first-order valence-corrected chi connectivity index (χ1v) is 17.0. The number of hydrogen-bond acceptors (Lipinski definition) is 6. The number of rotatable bonds is 6. The Morgan fingerprint density at radius 3 is 2.40 bits per heavy atom. The molecule has 1 saturated heterocycles. The number of thioether (sulfide) groups is 1. The highest BCUT2D eigenvalue weighted by Crippen LogP contribution is 2.70. The molecular formula is C36H48O5S. The maximum absolute atomic E-state index is 14.7. The molecule has 1 aliphatic heterocycles. The molecule has 4 fully saturated rings. The molecule has 7 unspecified atom stereocenters. The summed E-state index contributed by atoms with van der Waals surface area (Å²) in [6.07, 6.45) is 8.94. The van der Waals surface area contributed by atoms with Crippen molar-refractivity contribution in [3.05, 3.63) is 51.6 Å². The minimum absolute atomic E-state index is 0.00975. The molecule has 228 valence electrons. The SMILES string of the molecule is CCCC1O[C@@H]2CC3C4CCC5=CC(=O)C=CC5(C)C4C(O)CC3(C)[C@]2(C(=O)CSc2c(C)c(C)c(C)c(C)c2C)O1. The van der Waals surface area contributed by atoms with E-state index in [4.69, 9.17) is 9.47 Å². The molecule has 0 aromatic heterocycles. The first-order valence-electron chi connectivity index (χ1n) is 16.0. The predicted molar refractivity (Wildman–Crippen MR) is 167 cm³/mol. The lowest BCUT2D eigenvalue weighted by atomic mass is 9.46. The third kappa shape index (κ3) is 4.07. The van der Waals surface area contributed by atoms with Crippen LogP contribution in [0.5, 0.6) is 0 Å². The lowest BCUT2D eigenvalue weighted by Gasteiger charge is -2.59. The van der Waals surface area contributed by atoms with Gasteiger partial charge in [0.1, 0.15) is 0 Å². The van der Waals surface area contributed by atoms with Crippen LogP contribution in [0.2, 0.25) is 0 Å². The summed E-state index contributed by atoms with van der Waals surface area (Å²) in [5, 5.41) is 12.0. The van der Waals surface area contributed by atoms with Crippen molar-refractivity contribution in [3.8, 4) is 0 Å². The van der Waals surface area contributed by atoms with Crippen LogP contribution in [0, 0.1) is 63.2 Å². The fourth-order valence-corrected chi connectivity index (χ4v) is 11.2. The number of fused-ring (bicyclic) bond motifs is 7. The first-order chi connectivity index (χ1) is 19.8. The fourth-order valence-electron chi connectivity index (χ4n) is 9.93. The van der Waals surface area contributed by atoms with Gasteiger partial charge in [-0.1, -0.05) is 38.8 Å². The maximum Gasteiger partial charge on any atom is 0.178 e. The summed E-state index contributed by atoms with van der Waals surface area (Å²) >= 11 is 1.64. The van der Waals surface area contributed by atoms with Crippen molar-refractivity contribution in [2.24, 2.45) is 28.6 Å². The summed E-state index contributed by atoms with van der Waals surface area (Å²) in [6.45, 7) is 17.4. The molecule has 42 heavy (non-hydrogen) atoms. The van der Waals surface area contributed by atoms with Crippen molar-refractivity contribution in [1.82, 2.24) is 0 Å². The highest BCUT2D eigenvalue weighted by atomic mass is 32.2. The van der Waals surface area contributed by atoms with Crippen LogP contribution in [0.25, 0.3) is 0 Å². The van der Waals surface area contributed by atoms with Gasteiger partial charge in [-0.25, -0.2) is 0 Å². The van der Waals surface area contributed by atoms with Gasteiger partial charge in [-0.2, -0.15) is 0 Å². The number of hydrogen-bond donors (Lipinski definition) is 1. The Kier molecular flexibility index (Phi) is 7.52. The van der Waals surface area contributed by atoms with E-state index in [2.05, 4.69) is 55.4 Å². The number of carbonyl (C=O) groups is 2. The van der Waals surface area contributed by atoms with E-state index in [0.717, 1.165) is 37.7 Å². The number of carbonyl (C=O) groups excluding carboxylic acids is 2. The molecule has 0 bridgehead atoms. The molecule has 9 atom stereocenters. The van der Waals surface area contributed by atoms with Crippen LogP contribution in [-0.4, -0.2) is 46.5 Å². The molecule has 4 aliphatic carbocycles. The lowest BCUT2D eigenvalue weighted by molar-refractivity contribution is -0.197. The second-order valence-corrected chi connectivity index (χ2v) is 15.3. The summed E-state index contributed by atoms with van der Waals surface area (Å²) in [6, 6.07) is 0. The molecule has 0 amide bonds. The zero-order chi connectivity index (χ0) is 30.4. The molecule has 1 aromatic carbocycles. The topological polar surface area (TPSA) is 72.8 Å². The van der Waals surface area contributed by atoms with Gasteiger partial charge >= 0.3 is 0 Å². The lowest BCUT2D eigenvalue weighted by Crippen LogP contribution is -2.63. The second kappa shape index (κ2) is 10.4. The fraction of sp³-hybridized carbons (Fsp3) is 0.667. The monoisotopic (exact) mass is 592 g/mol. The Labute approximate surface area is 255 Å². The third-order valence-corrected chi connectivity index (χ3v) is 13.8. The minimum atomic E-state index is -1.07. The molecular weight excluding hydrogens is 544 g/mol. The van der Waals surface area contributed by atoms with E-state index in [0.29, 0.717) is 12.2 Å². The molecule has 3 saturated carbocycles. The molecule has 6 heteroatoms. The third-order valence-electron chi connectivity index (χ3n) is 12.5. The highest BCUT2D eigenvalue weighted by Gasteiger charge is 2.75. The van der Waals surface area contributed by atoms with Gasteiger partial charge < -0.3 is 14.6 Å². The summed E-state index contributed by atoms with van der Waals surface area (Å²) < 4.78 is 13.5. The van der Waals surface area contributed by atoms with E-state index in [1.54, 1.807) is 23.9 Å². The minimum Gasteiger partial charge on any atom is -0.393 e. The van der Waals surface area contributed by atoms with Crippen molar-refractivity contribution in [1.29, 1.82) is 0 Å². The van der Waals surface area contributed by atoms with E-state index >= 15 is 0 Å². The van der Waals surface area contributed by atoms with Crippen molar-refractivity contribution < 1.29 is 24.2 Å². The summed E-state index contributed by atoms with van der Waals surface area (Å²) in [7, 11) is 0. The maximum atomic E-state index is 14.7. The average molecular weight is 593 g/mol. The van der Waals surface area contributed by atoms with Gasteiger partial charge in [0.25, 0.3) is 0 Å². The van der Waals surface area contributed by atoms with Crippen molar-refractivity contribution >= 4 is 23.3 Å². The van der Waals surface area contributed by atoms with Gasteiger partial charge in [-0.3, -0.25) is 9.59 Å². The predicted octanol–water partition coefficient (Wildman–Crippen LogP) is 7.06. The molecule has 1 N–H and O–H groups in total. The average Bonchev–Trinajstić information content (AvgIpc) is 3.43. The van der Waals surface area contributed by atoms with Gasteiger partial charge in [0.15, 0.2) is 23.5 Å². The van der Waals surface area contributed by atoms with Gasteiger partial charge in [0.05, 0.1) is 18.0 Å². The molecule has 1 heterocycles. The van der Waals surface area contributed by atoms with Gasteiger partial charge in [-0.15, -0.1) is 11.8 Å². The standard InChI is InChI=1S/C36H48O5S/c1-9-10-31-40-30-16-27-26-12-11-24-15-25(37)13-14-34(24,7)32(26)28(38)17-35(27,8)36(30,41-31)29(39)18-42-33-22(5)20(3)19(2)21(4)23(33)6/h13-15,26-28,30-32,38H,9-12,16-18H2,1-8H3/t26?,27?,28?,30-,31?,32?,34?,35?,36-/m1/s1. The smallest absolute Gasteiger partial charge is 0.178 e. The number of ether oxygens (including phenoxy) is 2. The quantitative estimate of drug-likeness (QED) is 0.357.